The highest BCUT2D eigenvalue weighted by atomic mass is 28.4. The lowest BCUT2D eigenvalue weighted by Crippen LogP contribution is -2.48. The van der Waals surface area contributed by atoms with E-state index in [1.165, 1.54) is 27.4 Å². The first-order valence-corrected chi connectivity index (χ1v) is 6.02. The standard InChI is InChI=1S/C9H16O5Si/c1-5-6-7-8(9(10)11)15(12-2,13-3)14-4/h5-7H,1-4H3,(H,10,11)/b6-5+,8-7-. The molecule has 0 radical (unpaired) electrons. The van der Waals surface area contributed by atoms with E-state index in [4.69, 9.17) is 18.4 Å². The first kappa shape index (κ1) is 14.0. The molecular formula is C9H16O5Si. The van der Waals surface area contributed by atoms with Crippen LogP contribution >= 0.6 is 0 Å². The number of carboxylic acids is 1. The van der Waals surface area contributed by atoms with Gasteiger partial charge in [0.25, 0.3) is 0 Å². The third kappa shape index (κ3) is 3.28. The van der Waals surface area contributed by atoms with Crippen molar-refractivity contribution in [1.29, 1.82) is 0 Å². The maximum Gasteiger partial charge on any atom is 0.543 e. The fourth-order valence-corrected chi connectivity index (χ4v) is 2.80. The highest BCUT2D eigenvalue weighted by Gasteiger charge is 2.46. The van der Waals surface area contributed by atoms with Crippen molar-refractivity contribution >= 4 is 14.8 Å². The van der Waals surface area contributed by atoms with E-state index in [-0.39, 0.29) is 5.20 Å². The second-order valence-corrected chi connectivity index (χ2v) is 5.46. The molecule has 0 saturated carbocycles. The van der Waals surface area contributed by atoms with Crippen molar-refractivity contribution in [2.75, 3.05) is 21.3 Å². The van der Waals surface area contributed by atoms with Crippen molar-refractivity contribution in [2.24, 2.45) is 0 Å². The molecule has 0 atom stereocenters. The largest absolute Gasteiger partial charge is 0.543 e. The summed E-state index contributed by atoms with van der Waals surface area (Å²) in [7, 11) is 0.863. The Hall–Kier alpha value is -0.953. The van der Waals surface area contributed by atoms with Gasteiger partial charge in [0.05, 0.1) is 0 Å². The predicted octanol–water partition coefficient (Wildman–Crippen LogP) is 0.991. The molecule has 86 valence electrons. The summed E-state index contributed by atoms with van der Waals surface area (Å²) in [4.78, 5) is 11.0. The van der Waals surface area contributed by atoms with Gasteiger partial charge in [0.15, 0.2) is 0 Å². The molecule has 6 heteroatoms. The molecule has 0 spiro atoms. The molecule has 0 saturated heterocycles. The quantitative estimate of drug-likeness (QED) is 0.420. The molecule has 0 aromatic rings. The zero-order chi connectivity index (χ0) is 11.9. The van der Waals surface area contributed by atoms with Crippen molar-refractivity contribution in [3.63, 3.8) is 0 Å². The molecule has 0 aromatic heterocycles. The minimum absolute atomic E-state index is 0.00750. The lowest BCUT2D eigenvalue weighted by molar-refractivity contribution is -0.132. The SMILES string of the molecule is C/C=C/C=C(/C(=O)O)[Si](OC)(OC)OC. The van der Waals surface area contributed by atoms with E-state index in [1.807, 2.05) is 0 Å². The number of hydrogen-bond donors (Lipinski definition) is 1. The molecule has 0 aliphatic heterocycles. The molecule has 5 nitrogen and oxygen atoms in total. The van der Waals surface area contributed by atoms with Crippen LogP contribution < -0.4 is 0 Å². The second-order valence-electron chi connectivity index (χ2n) is 2.58. The monoisotopic (exact) mass is 232 g/mol. The topological polar surface area (TPSA) is 65.0 Å². The van der Waals surface area contributed by atoms with Crippen LogP contribution in [-0.2, 0) is 18.1 Å². The predicted molar refractivity (Wildman–Crippen MR) is 57.3 cm³/mol. The maximum absolute atomic E-state index is 11.0. The van der Waals surface area contributed by atoms with Crippen molar-refractivity contribution in [2.45, 2.75) is 6.92 Å². The fraction of sp³-hybridized carbons (Fsp3) is 0.444. The zero-order valence-electron chi connectivity index (χ0n) is 9.31. The summed E-state index contributed by atoms with van der Waals surface area (Å²) in [5.41, 5.74) is 0. The minimum atomic E-state index is -3.24. The fourth-order valence-electron chi connectivity index (χ4n) is 1.08. The molecule has 0 unspecified atom stereocenters. The Kier molecular flexibility index (Phi) is 6.10. The van der Waals surface area contributed by atoms with Crippen LogP contribution in [0.5, 0.6) is 0 Å². The van der Waals surface area contributed by atoms with E-state index in [2.05, 4.69) is 0 Å². The second kappa shape index (κ2) is 6.52. The van der Waals surface area contributed by atoms with Gasteiger partial charge < -0.3 is 18.4 Å². The van der Waals surface area contributed by atoms with Crippen LogP contribution in [0.15, 0.2) is 23.4 Å². The van der Waals surface area contributed by atoms with Crippen molar-refractivity contribution in [1.82, 2.24) is 0 Å². The Morgan fingerprint density at radius 3 is 1.93 bits per heavy atom. The van der Waals surface area contributed by atoms with Crippen molar-refractivity contribution in [3.8, 4) is 0 Å². The smallest absolute Gasteiger partial charge is 0.478 e. The molecule has 0 heterocycles. The molecule has 1 N–H and O–H groups in total. The maximum atomic E-state index is 11.0. The van der Waals surface area contributed by atoms with Crippen LogP contribution in [0.25, 0.3) is 0 Å². The summed E-state index contributed by atoms with van der Waals surface area (Å²) in [5.74, 6) is -1.11. The molecule has 0 aromatic carbocycles. The molecule has 0 rings (SSSR count). The summed E-state index contributed by atoms with van der Waals surface area (Å²) in [6.07, 6.45) is 4.73. The van der Waals surface area contributed by atoms with Crippen LogP contribution in [0.3, 0.4) is 0 Å². The van der Waals surface area contributed by atoms with Crippen LogP contribution in [0, 0.1) is 0 Å². The van der Waals surface area contributed by atoms with Gasteiger partial charge in [0.1, 0.15) is 5.20 Å². The number of allylic oxidation sites excluding steroid dienone is 3. The normalized spacial score (nSPS) is 13.5. The summed E-state index contributed by atoms with van der Waals surface area (Å²) < 4.78 is 15.2. The Bertz CT molecular complexity index is 259. The zero-order valence-corrected chi connectivity index (χ0v) is 10.3. The van der Waals surface area contributed by atoms with Gasteiger partial charge in [-0.2, -0.15) is 0 Å². The highest BCUT2D eigenvalue weighted by Crippen LogP contribution is 2.18. The molecule has 15 heavy (non-hydrogen) atoms. The first-order chi connectivity index (χ1) is 7.07. The Morgan fingerprint density at radius 2 is 1.67 bits per heavy atom. The Balaban J connectivity index is 5.28. The van der Waals surface area contributed by atoms with Gasteiger partial charge in [-0.3, -0.25) is 0 Å². The van der Waals surface area contributed by atoms with Crippen LogP contribution in [0.2, 0.25) is 0 Å². The van der Waals surface area contributed by atoms with Gasteiger partial charge in [-0.15, -0.1) is 0 Å². The van der Waals surface area contributed by atoms with Gasteiger partial charge in [0, 0.05) is 21.3 Å². The van der Waals surface area contributed by atoms with Crippen LogP contribution in [0.1, 0.15) is 6.92 Å². The van der Waals surface area contributed by atoms with Gasteiger partial charge in [0.2, 0.25) is 0 Å². The van der Waals surface area contributed by atoms with E-state index < -0.39 is 14.8 Å². The molecule has 0 amide bonds. The average molecular weight is 232 g/mol. The van der Waals surface area contributed by atoms with E-state index in [0.717, 1.165) is 0 Å². The van der Waals surface area contributed by atoms with E-state index >= 15 is 0 Å². The van der Waals surface area contributed by atoms with Crippen molar-refractivity contribution in [3.05, 3.63) is 23.4 Å². The van der Waals surface area contributed by atoms with E-state index in [0.29, 0.717) is 0 Å². The van der Waals surface area contributed by atoms with Crippen molar-refractivity contribution < 1.29 is 23.2 Å². The summed E-state index contributed by atoms with van der Waals surface area (Å²) >= 11 is 0. The van der Waals surface area contributed by atoms with Crippen LogP contribution in [0.4, 0.5) is 0 Å². The number of carbonyl (C=O) groups is 1. The molecule has 0 bridgehead atoms. The highest BCUT2D eigenvalue weighted by molar-refractivity contribution is 6.73. The molecular weight excluding hydrogens is 216 g/mol. The number of aliphatic carboxylic acids is 1. The summed E-state index contributed by atoms with van der Waals surface area (Å²) in [5, 5.41) is 9.03. The van der Waals surface area contributed by atoms with Gasteiger partial charge in [-0.25, -0.2) is 4.79 Å². The first-order valence-electron chi connectivity index (χ1n) is 4.30. The van der Waals surface area contributed by atoms with E-state index in [9.17, 15) is 4.79 Å². The average Bonchev–Trinajstić information content (AvgIpc) is 2.24. The molecule has 0 aliphatic carbocycles. The number of rotatable bonds is 6. The van der Waals surface area contributed by atoms with Gasteiger partial charge >= 0.3 is 14.8 Å². The lowest BCUT2D eigenvalue weighted by atomic mass is 10.4. The minimum Gasteiger partial charge on any atom is -0.478 e. The third-order valence-electron chi connectivity index (χ3n) is 1.82. The van der Waals surface area contributed by atoms with E-state index in [1.54, 1.807) is 19.1 Å². The van der Waals surface area contributed by atoms with Gasteiger partial charge in [-0.05, 0) is 13.0 Å². The summed E-state index contributed by atoms with van der Waals surface area (Å²) in [6, 6.07) is 0. The third-order valence-corrected chi connectivity index (χ3v) is 4.47. The van der Waals surface area contributed by atoms with Gasteiger partial charge in [-0.1, -0.05) is 12.2 Å². The molecule has 0 fully saturated rings. The Labute approximate surface area is 90.3 Å². The van der Waals surface area contributed by atoms with Crippen LogP contribution in [-0.4, -0.2) is 41.2 Å². The number of carboxylic acid groups (broad SMARTS) is 1. The molecule has 0 aliphatic rings. The summed E-state index contributed by atoms with van der Waals surface area (Å²) in [6.45, 7) is 1.78. The number of hydrogen-bond acceptors (Lipinski definition) is 4. The Morgan fingerprint density at radius 1 is 1.20 bits per heavy atom. The lowest BCUT2D eigenvalue weighted by Gasteiger charge is -2.24.